The summed E-state index contributed by atoms with van der Waals surface area (Å²) in [6.45, 7) is 2.97. The highest BCUT2D eigenvalue weighted by Gasteiger charge is 2.19. The van der Waals surface area contributed by atoms with E-state index in [4.69, 9.17) is 4.74 Å². The van der Waals surface area contributed by atoms with Crippen LogP contribution in [0.4, 0.5) is 0 Å². The molecule has 3 aromatic carbocycles. The number of para-hydroxylation sites is 1. The van der Waals surface area contributed by atoms with E-state index < -0.39 is 7.92 Å². The van der Waals surface area contributed by atoms with E-state index in [9.17, 15) is 0 Å². The van der Waals surface area contributed by atoms with Gasteiger partial charge in [-0.25, -0.2) is 0 Å². The average molecular weight is 334 g/mol. The third-order valence-electron chi connectivity index (χ3n) is 3.89. The maximum atomic E-state index is 6.12. The molecule has 0 unspecified atom stereocenters. The van der Waals surface area contributed by atoms with Crippen LogP contribution in [0.1, 0.15) is 19.8 Å². The van der Waals surface area contributed by atoms with Crippen LogP contribution >= 0.6 is 7.92 Å². The molecule has 0 radical (unpaired) electrons. The second-order valence-corrected chi connectivity index (χ2v) is 7.86. The first-order valence-electron chi connectivity index (χ1n) is 8.52. The van der Waals surface area contributed by atoms with Gasteiger partial charge in [0.2, 0.25) is 0 Å². The summed E-state index contributed by atoms with van der Waals surface area (Å²) in [5, 5.41) is 4.00. The Kier molecular flexibility index (Phi) is 6.04. The predicted octanol–water partition coefficient (Wildman–Crippen LogP) is 4.62. The maximum absolute atomic E-state index is 6.12. The summed E-state index contributed by atoms with van der Waals surface area (Å²) in [6, 6.07) is 30.0. The lowest BCUT2D eigenvalue weighted by atomic mass is 10.3. The molecule has 0 saturated heterocycles. The number of ether oxygens (including phenoxy) is 1. The summed E-state index contributed by atoms with van der Waals surface area (Å²) in [7, 11) is -0.613. The normalized spacial score (nSPS) is 10.8. The third-order valence-corrected chi connectivity index (χ3v) is 6.37. The van der Waals surface area contributed by atoms with Gasteiger partial charge < -0.3 is 4.74 Å². The molecule has 0 spiro atoms. The fourth-order valence-electron chi connectivity index (χ4n) is 2.67. The molecule has 0 amide bonds. The van der Waals surface area contributed by atoms with Crippen molar-refractivity contribution in [1.29, 1.82) is 0 Å². The fraction of sp³-hybridized carbons (Fsp3) is 0.182. The highest BCUT2D eigenvalue weighted by atomic mass is 31.1. The molecule has 3 aromatic rings. The lowest BCUT2D eigenvalue weighted by molar-refractivity contribution is 0.312. The summed E-state index contributed by atoms with van der Waals surface area (Å²) in [4.78, 5) is 0. The molecule has 0 fully saturated rings. The Balaban J connectivity index is 2.04. The second-order valence-electron chi connectivity index (χ2n) is 5.68. The largest absolute Gasteiger partial charge is 0.493 e. The van der Waals surface area contributed by atoms with Gasteiger partial charge in [0.05, 0.1) is 6.61 Å². The summed E-state index contributed by atoms with van der Waals surface area (Å²) in [5.41, 5.74) is 0. The molecule has 0 aliphatic rings. The van der Waals surface area contributed by atoms with Gasteiger partial charge in [-0.1, -0.05) is 92.2 Å². The molecule has 0 N–H and O–H groups in total. The Morgan fingerprint density at radius 3 is 1.83 bits per heavy atom. The standard InChI is InChI=1S/C22H23OP/c1-2-3-18-23-21-16-10-11-17-22(21)24(19-12-6-4-7-13-19)20-14-8-5-9-15-20/h4-17H,2-3,18H2,1H3. The minimum atomic E-state index is -0.613. The molecule has 0 heterocycles. The Bertz CT molecular complexity index is 701. The molecule has 0 atom stereocenters. The first-order valence-corrected chi connectivity index (χ1v) is 9.86. The van der Waals surface area contributed by atoms with E-state index in [1.165, 1.54) is 15.9 Å². The Hall–Kier alpha value is -2.11. The van der Waals surface area contributed by atoms with Gasteiger partial charge in [-0.3, -0.25) is 0 Å². The van der Waals surface area contributed by atoms with Gasteiger partial charge in [-0.2, -0.15) is 0 Å². The molecule has 1 nitrogen and oxygen atoms in total. The van der Waals surface area contributed by atoms with Crippen molar-refractivity contribution in [3.05, 3.63) is 84.9 Å². The average Bonchev–Trinajstić information content (AvgIpc) is 2.65. The minimum Gasteiger partial charge on any atom is -0.493 e. The molecule has 0 bridgehead atoms. The highest BCUT2D eigenvalue weighted by molar-refractivity contribution is 7.80. The van der Waals surface area contributed by atoms with Crippen molar-refractivity contribution < 1.29 is 4.74 Å². The molecule has 24 heavy (non-hydrogen) atoms. The van der Waals surface area contributed by atoms with E-state index in [2.05, 4.69) is 91.9 Å². The highest BCUT2D eigenvalue weighted by Crippen LogP contribution is 2.36. The molecular formula is C22H23OP. The number of hydrogen-bond donors (Lipinski definition) is 0. The lowest BCUT2D eigenvalue weighted by Gasteiger charge is -2.22. The van der Waals surface area contributed by atoms with E-state index in [1.807, 2.05) is 0 Å². The molecule has 2 heteroatoms. The van der Waals surface area contributed by atoms with Crippen molar-refractivity contribution in [3.8, 4) is 5.75 Å². The Morgan fingerprint density at radius 1 is 0.708 bits per heavy atom. The summed E-state index contributed by atoms with van der Waals surface area (Å²) in [6.07, 6.45) is 2.23. The third kappa shape index (κ3) is 4.04. The van der Waals surface area contributed by atoms with Crippen molar-refractivity contribution in [2.45, 2.75) is 19.8 Å². The van der Waals surface area contributed by atoms with Crippen LogP contribution in [-0.4, -0.2) is 6.61 Å². The number of hydrogen-bond acceptors (Lipinski definition) is 1. The summed E-state index contributed by atoms with van der Waals surface area (Å²) >= 11 is 0. The van der Waals surface area contributed by atoms with Crippen molar-refractivity contribution in [2.24, 2.45) is 0 Å². The Labute approximate surface area is 146 Å². The lowest BCUT2D eigenvalue weighted by Crippen LogP contribution is -2.22. The van der Waals surface area contributed by atoms with Gasteiger partial charge in [0.1, 0.15) is 5.75 Å². The van der Waals surface area contributed by atoms with E-state index in [0.717, 1.165) is 25.2 Å². The molecule has 0 aliphatic carbocycles. The number of unbranched alkanes of at least 4 members (excludes halogenated alkanes) is 1. The Morgan fingerprint density at radius 2 is 1.25 bits per heavy atom. The second kappa shape index (κ2) is 8.66. The summed E-state index contributed by atoms with van der Waals surface area (Å²) in [5.74, 6) is 1.02. The van der Waals surface area contributed by atoms with Crippen LogP contribution in [0.25, 0.3) is 0 Å². The minimum absolute atomic E-state index is 0.613. The fourth-order valence-corrected chi connectivity index (χ4v) is 5.06. The SMILES string of the molecule is CCCCOc1ccccc1P(c1ccccc1)c1ccccc1. The zero-order valence-corrected chi connectivity index (χ0v) is 15.0. The molecule has 0 saturated carbocycles. The van der Waals surface area contributed by atoms with Crippen LogP contribution in [0.15, 0.2) is 84.9 Å². The first kappa shape index (κ1) is 16.7. The van der Waals surface area contributed by atoms with Gasteiger partial charge in [0, 0.05) is 5.30 Å². The zero-order valence-electron chi connectivity index (χ0n) is 14.1. The van der Waals surface area contributed by atoms with Crippen molar-refractivity contribution in [2.75, 3.05) is 6.61 Å². The zero-order chi connectivity index (χ0) is 16.6. The van der Waals surface area contributed by atoms with Gasteiger partial charge in [0.15, 0.2) is 0 Å². The van der Waals surface area contributed by atoms with Gasteiger partial charge in [-0.05, 0) is 31.0 Å². The topological polar surface area (TPSA) is 9.23 Å². The van der Waals surface area contributed by atoms with Crippen LogP contribution in [0.2, 0.25) is 0 Å². The monoisotopic (exact) mass is 334 g/mol. The summed E-state index contributed by atoms with van der Waals surface area (Å²) < 4.78 is 6.12. The van der Waals surface area contributed by atoms with E-state index >= 15 is 0 Å². The number of rotatable bonds is 7. The molecule has 0 aromatic heterocycles. The first-order chi connectivity index (χ1) is 11.9. The van der Waals surface area contributed by atoms with Gasteiger partial charge in [-0.15, -0.1) is 0 Å². The quantitative estimate of drug-likeness (QED) is 0.452. The van der Waals surface area contributed by atoms with E-state index in [0.29, 0.717) is 0 Å². The molecule has 122 valence electrons. The molecule has 3 rings (SSSR count). The van der Waals surface area contributed by atoms with Crippen LogP contribution in [0.3, 0.4) is 0 Å². The van der Waals surface area contributed by atoms with Crippen molar-refractivity contribution >= 4 is 23.8 Å². The van der Waals surface area contributed by atoms with E-state index in [1.54, 1.807) is 0 Å². The van der Waals surface area contributed by atoms with E-state index in [-0.39, 0.29) is 0 Å². The van der Waals surface area contributed by atoms with Crippen molar-refractivity contribution in [1.82, 2.24) is 0 Å². The van der Waals surface area contributed by atoms with Crippen LogP contribution in [0.5, 0.6) is 5.75 Å². The maximum Gasteiger partial charge on any atom is 0.127 e. The smallest absolute Gasteiger partial charge is 0.127 e. The molecular weight excluding hydrogens is 311 g/mol. The van der Waals surface area contributed by atoms with Gasteiger partial charge in [0.25, 0.3) is 0 Å². The van der Waals surface area contributed by atoms with Crippen LogP contribution in [-0.2, 0) is 0 Å². The van der Waals surface area contributed by atoms with Crippen LogP contribution < -0.4 is 20.7 Å². The van der Waals surface area contributed by atoms with Crippen LogP contribution in [0, 0.1) is 0 Å². The molecule has 0 aliphatic heterocycles. The van der Waals surface area contributed by atoms with Gasteiger partial charge >= 0.3 is 0 Å². The number of benzene rings is 3. The van der Waals surface area contributed by atoms with Crippen molar-refractivity contribution in [3.63, 3.8) is 0 Å². The predicted molar refractivity (Wildman–Crippen MR) is 106 cm³/mol.